The Kier molecular flexibility index (Phi) is 4.97. The smallest absolute Gasteiger partial charge is 0.325 e. The largest absolute Gasteiger partial charge is 0.493 e. The molecule has 3 aromatic heterocycles. The lowest BCUT2D eigenvalue weighted by Crippen LogP contribution is -2.01. The first-order valence-corrected chi connectivity index (χ1v) is 8.97. The highest BCUT2D eigenvalue weighted by Gasteiger charge is 2.08. The van der Waals surface area contributed by atoms with Gasteiger partial charge in [0.25, 0.3) is 0 Å². The van der Waals surface area contributed by atoms with E-state index in [0.29, 0.717) is 23.2 Å². The summed E-state index contributed by atoms with van der Waals surface area (Å²) in [6.45, 7) is 2.75. The highest BCUT2D eigenvalue weighted by molar-refractivity contribution is 5.82. The van der Waals surface area contributed by atoms with E-state index in [1.54, 1.807) is 18.5 Å². The van der Waals surface area contributed by atoms with Gasteiger partial charge in [0.1, 0.15) is 5.75 Å². The molecule has 7 heteroatoms. The van der Waals surface area contributed by atoms with Crippen LogP contribution in [0.15, 0.2) is 61.1 Å². The van der Waals surface area contributed by atoms with E-state index in [-0.39, 0.29) is 11.9 Å². The first-order chi connectivity index (χ1) is 13.7. The van der Waals surface area contributed by atoms with Gasteiger partial charge in [-0.15, -0.1) is 0 Å². The van der Waals surface area contributed by atoms with Gasteiger partial charge in [-0.3, -0.25) is 9.97 Å². The van der Waals surface area contributed by atoms with E-state index in [1.165, 1.54) is 5.56 Å². The maximum atomic E-state index is 10.0. The topological polar surface area (TPSA) is 93.0 Å². The van der Waals surface area contributed by atoms with Gasteiger partial charge in [0, 0.05) is 18.1 Å². The SMILES string of the molecule is CCc1ccc(CNc2ccc(Oc3nc(O)c4ccncc4n3)cc2)nc1. The third kappa shape index (κ3) is 3.98. The summed E-state index contributed by atoms with van der Waals surface area (Å²) in [4.78, 5) is 16.7. The van der Waals surface area contributed by atoms with Crippen LogP contribution in [0, 0.1) is 0 Å². The molecule has 0 aliphatic rings. The summed E-state index contributed by atoms with van der Waals surface area (Å²) >= 11 is 0. The molecule has 4 aromatic rings. The van der Waals surface area contributed by atoms with Crippen LogP contribution in [-0.4, -0.2) is 25.0 Å². The van der Waals surface area contributed by atoms with Crippen molar-refractivity contribution in [3.8, 4) is 17.6 Å². The van der Waals surface area contributed by atoms with Crippen LogP contribution < -0.4 is 10.1 Å². The van der Waals surface area contributed by atoms with Crippen LogP contribution in [0.25, 0.3) is 10.9 Å². The van der Waals surface area contributed by atoms with E-state index in [0.717, 1.165) is 17.8 Å². The lowest BCUT2D eigenvalue weighted by molar-refractivity contribution is 0.412. The molecule has 2 N–H and O–H groups in total. The number of benzene rings is 1. The van der Waals surface area contributed by atoms with Crippen molar-refractivity contribution in [3.05, 3.63) is 72.3 Å². The van der Waals surface area contributed by atoms with Crippen molar-refractivity contribution in [3.63, 3.8) is 0 Å². The average molecular weight is 373 g/mol. The summed E-state index contributed by atoms with van der Waals surface area (Å²) in [5.41, 5.74) is 3.67. The molecule has 0 fully saturated rings. The molecule has 0 unspecified atom stereocenters. The number of aryl methyl sites for hydroxylation is 1. The third-order valence-corrected chi connectivity index (χ3v) is 4.29. The van der Waals surface area contributed by atoms with Crippen LogP contribution in [0.3, 0.4) is 0 Å². The van der Waals surface area contributed by atoms with Crippen molar-refractivity contribution >= 4 is 16.6 Å². The Bertz CT molecular complexity index is 1080. The molecule has 140 valence electrons. The predicted octanol–water partition coefficient (Wildman–Crippen LogP) is 4.09. The number of hydrogen-bond acceptors (Lipinski definition) is 7. The first-order valence-electron chi connectivity index (χ1n) is 8.97. The molecule has 28 heavy (non-hydrogen) atoms. The van der Waals surface area contributed by atoms with Gasteiger partial charge >= 0.3 is 6.01 Å². The molecule has 0 spiro atoms. The standard InChI is InChI=1S/C21H19N5O2/c1-2-14-3-4-16(23-11-14)12-24-15-5-7-17(8-6-15)28-21-25-19-13-22-10-9-18(19)20(27)26-21/h3-11,13,24H,2,12H2,1H3,(H,25,26,27). The Morgan fingerprint density at radius 2 is 1.86 bits per heavy atom. The Morgan fingerprint density at radius 1 is 1.00 bits per heavy atom. The van der Waals surface area contributed by atoms with Gasteiger partial charge in [-0.1, -0.05) is 13.0 Å². The van der Waals surface area contributed by atoms with Crippen molar-refractivity contribution in [2.24, 2.45) is 0 Å². The van der Waals surface area contributed by atoms with Gasteiger partial charge in [-0.05, 0) is 48.4 Å². The Hall–Kier alpha value is -3.74. The number of rotatable bonds is 6. The van der Waals surface area contributed by atoms with Gasteiger partial charge in [0.15, 0.2) is 0 Å². The van der Waals surface area contributed by atoms with Gasteiger partial charge in [-0.25, -0.2) is 0 Å². The number of anilines is 1. The number of nitrogens with zero attached hydrogens (tertiary/aromatic N) is 4. The fourth-order valence-corrected chi connectivity index (χ4v) is 2.70. The predicted molar refractivity (Wildman–Crippen MR) is 106 cm³/mol. The second-order valence-corrected chi connectivity index (χ2v) is 6.21. The summed E-state index contributed by atoms with van der Waals surface area (Å²) in [7, 11) is 0. The van der Waals surface area contributed by atoms with E-state index < -0.39 is 0 Å². The number of ether oxygens (including phenoxy) is 1. The fourth-order valence-electron chi connectivity index (χ4n) is 2.70. The van der Waals surface area contributed by atoms with E-state index in [9.17, 15) is 5.11 Å². The monoisotopic (exact) mass is 373 g/mol. The normalized spacial score (nSPS) is 10.8. The summed E-state index contributed by atoms with van der Waals surface area (Å²) < 4.78 is 5.66. The Labute approximate surface area is 162 Å². The molecule has 0 saturated heterocycles. The highest BCUT2D eigenvalue weighted by atomic mass is 16.5. The zero-order valence-corrected chi connectivity index (χ0v) is 15.3. The number of fused-ring (bicyclic) bond motifs is 1. The zero-order chi connectivity index (χ0) is 19.3. The minimum atomic E-state index is -0.137. The minimum absolute atomic E-state index is 0.0684. The Morgan fingerprint density at radius 3 is 2.61 bits per heavy atom. The van der Waals surface area contributed by atoms with E-state index in [1.807, 2.05) is 36.5 Å². The number of hydrogen-bond donors (Lipinski definition) is 2. The molecule has 1 aromatic carbocycles. The number of aromatic hydroxyl groups is 1. The van der Waals surface area contributed by atoms with E-state index in [4.69, 9.17) is 4.74 Å². The lowest BCUT2D eigenvalue weighted by atomic mass is 10.2. The van der Waals surface area contributed by atoms with Crippen molar-refractivity contribution in [1.82, 2.24) is 19.9 Å². The van der Waals surface area contributed by atoms with Crippen LogP contribution in [0.4, 0.5) is 5.69 Å². The molecule has 0 amide bonds. The molecular formula is C21H19N5O2. The minimum Gasteiger partial charge on any atom is -0.493 e. The summed E-state index contributed by atoms with van der Waals surface area (Å²) in [6, 6.07) is 13.3. The van der Waals surface area contributed by atoms with Crippen molar-refractivity contribution in [2.45, 2.75) is 19.9 Å². The summed E-state index contributed by atoms with van der Waals surface area (Å²) in [5, 5.41) is 13.9. The fraction of sp³-hybridized carbons (Fsp3) is 0.143. The summed E-state index contributed by atoms with van der Waals surface area (Å²) in [6.07, 6.45) is 6.02. The van der Waals surface area contributed by atoms with Gasteiger partial charge < -0.3 is 15.2 Å². The molecule has 0 aliphatic heterocycles. The van der Waals surface area contributed by atoms with Crippen molar-refractivity contribution in [1.29, 1.82) is 0 Å². The summed E-state index contributed by atoms with van der Waals surface area (Å²) in [5.74, 6) is 0.431. The quantitative estimate of drug-likeness (QED) is 0.526. The lowest BCUT2D eigenvalue weighted by Gasteiger charge is -2.09. The van der Waals surface area contributed by atoms with Crippen LogP contribution in [0.2, 0.25) is 0 Å². The highest BCUT2D eigenvalue weighted by Crippen LogP contribution is 2.26. The molecule has 0 saturated carbocycles. The zero-order valence-electron chi connectivity index (χ0n) is 15.3. The molecular weight excluding hydrogens is 354 g/mol. The number of pyridine rings is 2. The average Bonchev–Trinajstić information content (AvgIpc) is 2.74. The molecule has 0 atom stereocenters. The van der Waals surface area contributed by atoms with Crippen LogP contribution in [-0.2, 0) is 13.0 Å². The van der Waals surface area contributed by atoms with Crippen LogP contribution >= 0.6 is 0 Å². The second kappa shape index (κ2) is 7.87. The molecule has 0 bridgehead atoms. The van der Waals surface area contributed by atoms with Crippen molar-refractivity contribution in [2.75, 3.05) is 5.32 Å². The third-order valence-electron chi connectivity index (χ3n) is 4.29. The maximum Gasteiger partial charge on any atom is 0.325 e. The van der Waals surface area contributed by atoms with Gasteiger partial charge in [-0.2, -0.15) is 9.97 Å². The van der Waals surface area contributed by atoms with Gasteiger partial charge in [0.05, 0.1) is 29.3 Å². The number of aromatic nitrogens is 4. The second-order valence-electron chi connectivity index (χ2n) is 6.21. The maximum absolute atomic E-state index is 10.0. The van der Waals surface area contributed by atoms with Crippen LogP contribution in [0.5, 0.6) is 17.6 Å². The van der Waals surface area contributed by atoms with Crippen molar-refractivity contribution < 1.29 is 9.84 Å². The van der Waals surface area contributed by atoms with Gasteiger partial charge in [0.2, 0.25) is 5.88 Å². The van der Waals surface area contributed by atoms with E-state index >= 15 is 0 Å². The number of nitrogens with one attached hydrogen (secondary N) is 1. The molecule has 4 rings (SSSR count). The molecule has 0 aliphatic carbocycles. The molecule has 3 heterocycles. The van der Waals surface area contributed by atoms with Crippen LogP contribution in [0.1, 0.15) is 18.2 Å². The Balaban J connectivity index is 1.41. The molecule has 7 nitrogen and oxygen atoms in total. The molecule has 0 radical (unpaired) electrons. The van der Waals surface area contributed by atoms with E-state index in [2.05, 4.69) is 38.2 Å². The first kappa shape index (κ1) is 17.7.